The first-order valence-corrected chi connectivity index (χ1v) is 3.84. The van der Waals surface area contributed by atoms with E-state index in [1.165, 1.54) is 6.42 Å². The third-order valence-corrected chi connectivity index (χ3v) is 2.10. The van der Waals surface area contributed by atoms with Gasteiger partial charge in [0.05, 0.1) is 6.54 Å². The molecule has 2 rings (SSSR count). The molecule has 1 heterocycles. The molecule has 2 unspecified atom stereocenters. The van der Waals surface area contributed by atoms with Crippen LogP contribution in [0.15, 0.2) is 4.52 Å². The first-order valence-electron chi connectivity index (χ1n) is 3.84. The first-order chi connectivity index (χ1) is 5.31. The monoisotopic (exact) mass is 153 g/mol. The molecule has 1 aromatic rings. The van der Waals surface area contributed by atoms with Gasteiger partial charge in [-0.05, 0) is 12.3 Å². The Labute approximate surface area is 64.8 Å². The molecule has 0 spiro atoms. The zero-order valence-corrected chi connectivity index (χ0v) is 6.45. The molecule has 1 aliphatic rings. The highest BCUT2D eigenvalue weighted by molar-refractivity contribution is 5.07. The number of nitrogens with zero attached hydrogens (tertiary/aromatic N) is 2. The summed E-state index contributed by atoms with van der Waals surface area (Å²) in [7, 11) is 0. The Balaban J connectivity index is 2.13. The van der Waals surface area contributed by atoms with E-state index in [2.05, 4.69) is 17.1 Å². The maximum atomic E-state index is 5.32. The molecule has 0 radical (unpaired) electrons. The molecule has 60 valence electrons. The van der Waals surface area contributed by atoms with Gasteiger partial charge < -0.3 is 10.3 Å². The van der Waals surface area contributed by atoms with Gasteiger partial charge in [0.2, 0.25) is 5.89 Å². The van der Waals surface area contributed by atoms with E-state index in [4.69, 9.17) is 10.3 Å². The Kier molecular flexibility index (Phi) is 1.42. The third kappa shape index (κ3) is 1.14. The molecule has 0 amide bonds. The number of rotatable bonds is 2. The van der Waals surface area contributed by atoms with E-state index in [-0.39, 0.29) is 0 Å². The average molecular weight is 153 g/mol. The topological polar surface area (TPSA) is 64.9 Å². The quantitative estimate of drug-likeness (QED) is 0.677. The van der Waals surface area contributed by atoms with Gasteiger partial charge in [0, 0.05) is 5.92 Å². The lowest BCUT2D eigenvalue weighted by Crippen LogP contribution is -1.96. The third-order valence-electron chi connectivity index (χ3n) is 2.10. The summed E-state index contributed by atoms with van der Waals surface area (Å²) in [5.74, 6) is 2.62. The van der Waals surface area contributed by atoms with Crippen LogP contribution in [0.3, 0.4) is 0 Å². The number of hydrogen-bond acceptors (Lipinski definition) is 4. The van der Waals surface area contributed by atoms with Gasteiger partial charge in [0.25, 0.3) is 0 Å². The second kappa shape index (κ2) is 2.30. The van der Waals surface area contributed by atoms with Crippen molar-refractivity contribution in [1.82, 2.24) is 10.1 Å². The standard InChI is InChI=1S/C7H11N3O/c1-4-2-5(4)7-9-6(3-8)11-10-7/h4-5H,2-3,8H2,1H3. The van der Waals surface area contributed by atoms with Crippen molar-refractivity contribution in [1.29, 1.82) is 0 Å². The number of hydrogen-bond donors (Lipinski definition) is 1. The lowest BCUT2D eigenvalue weighted by atomic mass is 10.3. The van der Waals surface area contributed by atoms with Crippen LogP contribution in [-0.4, -0.2) is 10.1 Å². The molecular weight excluding hydrogens is 142 g/mol. The van der Waals surface area contributed by atoms with Crippen molar-refractivity contribution >= 4 is 0 Å². The van der Waals surface area contributed by atoms with Gasteiger partial charge in [-0.3, -0.25) is 0 Å². The molecule has 0 bridgehead atoms. The predicted molar refractivity (Wildman–Crippen MR) is 38.7 cm³/mol. The minimum atomic E-state index is 0.341. The van der Waals surface area contributed by atoms with Gasteiger partial charge >= 0.3 is 0 Å². The first kappa shape index (κ1) is 6.79. The molecule has 0 aliphatic heterocycles. The van der Waals surface area contributed by atoms with Gasteiger partial charge in [-0.1, -0.05) is 12.1 Å². The van der Waals surface area contributed by atoms with E-state index in [9.17, 15) is 0 Å². The second-order valence-corrected chi connectivity index (χ2v) is 3.07. The highest BCUT2D eigenvalue weighted by atomic mass is 16.5. The van der Waals surface area contributed by atoms with E-state index < -0.39 is 0 Å². The van der Waals surface area contributed by atoms with Gasteiger partial charge in [-0.15, -0.1) is 0 Å². The largest absolute Gasteiger partial charge is 0.338 e. The van der Waals surface area contributed by atoms with Crippen molar-refractivity contribution in [2.24, 2.45) is 11.7 Å². The van der Waals surface area contributed by atoms with Gasteiger partial charge in [0.1, 0.15) is 0 Å². The zero-order chi connectivity index (χ0) is 7.84. The summed E-state index contributed by atoms with van der Waals surface area (Å²) < 4.78 is 4.88. The Morgan fingerprint density at radius 3 is 2.91 bits per heavy atom. The Hall–Kier alpha value is -0.900. The molecule has 2 atom stereocenters. The van der Waals surface area contributed by atoms with E-state index in [0.29, 0.717) is 18.4 Å². The molecule has 0 saturated heterocycles. The summed E-state index contributed by atoms with van der Waals surface area (Å²) in [6.07, 6.45) is 1.18. The van der Waals surface area contributed by atoms with Crippen LogP contribution >= 0.6 is 0 Å². The van der Waals surface area contributed by atoms with Crippen LogP contribution in [0.1, 0.15) is 31.0 Å². The average Bonchev–Trinajstić information content (AvgIpc) is 2.59. The highest BCUT2D eigenvalue weighted by Crippen LogP contribution is 2.45. The summed E-state index contributed by atoms with van der Waals surface area (Å²) >= 11 is 0. The summed E-state index contributed by atoms with van der Waals surface area (Å²) in [4.78, 5) is 4.14. The number of nitrogens with two attached hydrogens (primary N) is 1. The maximum Gasteiger partial charge on any atom is 0.240 e. The van der Waals surface area contributed by atoms with E-state index in [1.807, 2.05) is 0 Å². The second-order valence-electron chi connectivity index (χ2n) is 3.07. The van der Waals surface area contributed by atoms with E-state index in [0.717, 1.165) is 11.7 Å². The van der Waals surface area contributed by atoms with Crippen LogP contribution in [0.5, 0.6) is 0 Å². The highest BCUT2D eigenvalue weighted by Gasteiger charge is 2.37. The van der Waals surface area contributed by atoms with E-state index in [1.54, 1.807) is 0 Å². The number of aromatic nitrogens is 2. The summed E-state index contributed by atoms with van der Waals surface area (Å²) in [6, 6.07) is 0. The Bertz CT molecular complexity index is 258. The van der Waals surface area contributed by atoms with Crippen LogP contribution in [0.2, 0.25) is 0 Å². The van der Waals surface area contributed by atoms with Crippen LogP contribution < -0.4 is 5.73 Å². The minimum absolute atomic E-state index is 0.341. The molecule has 2 N–H and O–H groups in total. The molecule has 1 fully saturated rings. The smallest absolute Gasteiger partial charge is 0.240 e. The van der Waals surface area contributed by atoms with Gasteiger partial charge in [-0.25, -0.2) is 0 Å². The maximum absolute atomic E-state index is 5.32. The normalized spacial score (nSPS) is 28.9. The van der Waals surface area contributed by atoms with Crippen molar-refractivity contribution in [2.45, 2.75) is 25.8 Å². The van der Waals surface area contributed by atoms with E-state index >= 15 is 0 Å². The predicted octanol–water partition coefficient (Wildman–Crippen LogP) is 0.652. The summed E-state index contributed by atoms with van der Waals surface area (Å²) in [5, 5.41) is 3.83. The molecule has 4 nitrogen and oxygen atoms in total. The molecule has 0 aromatic carbocycles. The van der Waals surface area contributed by atoms with Crippen LogP contribution in [-0.2, 0) is 6.54 Å². The van der Waals surface area contributed by atoms with Crippen molar-refractivity contribution in [3.63, 3.8) is 0 Å². The Morgan fingerprint density at radius 1 is 1.73 bits per heavy atom. The molecule has 1 aromatic heterocycles. The fraction of sp³-hybridized carbons (Fsp3) is 0.714. The van der Waals surface area contributed by atoms with Crippen LogP contribution in [0, 0.1) is 5.92 Å². The molecule has 1 saturated carbocycles. The van der Waals surface area contributed by atoms with Crippen LogP contribution in [0.25, 0.3) is 0 Å². The van der Waals surface area contributed by atoms with Crippen LogP contribution in [0.4, 0.5) is 0 Å². The molecule has 1 aliphatic carbocycles. The van der Waals surface area contributed by atoms with Crippen molar-refractivity contribution in [2.75, 3.05) is 0 Å². The molecule has 4 heteroatoms. The fourth-order valence-electron chi connectivity index (χ4n) is 1.18. The lowest BCUT2D eigenvalue weighted by Gasteiger charge is -1.82. The fourth-order valence-corrected chi connectivity index (χ4v) is 1.18. The zero-order valence-electron chi connectivity index (χ0n) is 6.45. The lowest BCUT2D eigenvalue weighted by molar-refractivity contribution is 0.374. The van der Waals surface area contributed by atoms with Gasteiger partial charge in [0.15, 0.2) is 5.82 Å². The van der Waals surface area contributed by atoms with Crippen molar-refractivity contribution < 1.29 is 4.52 Å². The summed E-state index contributed by atoms with van der Waals surface area (Å²) in [6.45, 7) is 2.53. The summed E-state index contributed by atoms with van der Waals surface area (Å²) in [5.41, 5.74) is 5.32. The van der Waals surface area contributed by atoms with Gasteiger partial charge in [-0.2, -0.15) is 4.98 Å². The molecule has 11 heavy (non-hydrogen) atoms. The molecular formula is C7H11N3O. The SMILES string of the molecule is CC1CC1c1noc(CN)n1. The Morgan fingerprint density at radius 2 is 2.45 bits per heavy atom. The minimum Gasteiger partial charge on any atom is -0.338 e. The van der Waals surface area contributed by atoms with Crippen molar-refractivity contribution in [3.05, 3.63) is 11.7 Å². The van der Waals surface area contributed by atoms with Crippen molar-refractivity contribution in [3.8, 4) is 0 Å².